The summed E-state index contributed by atoms with van der Waals surface area (Å²) in [5.41, 5.74) is -0.700. The summed E-state index contributed by atoms with van der Waals surface area (Å²) in [7, 11) is 9.95. The first-order chi connectivity index (χ1) is 18.5. The highest BCUT2D eigenvalue weighted by Gasteiger charge is 2.35. The summed E-state index contributed by atoms with van der Waals surface area (Å²) in [6, 6.07) is 0. The maximum atomic E-state index is 10.8. The van der Waals surface area contributed by atoms with Gasteiger partial charge in [-0.3, -0.25) is 24.1 Å². The van der Waals surface area contributed by atoms with E-state index in [1.165, 1.54) is 19.9 Å². The molecule has 242 valence electrons. The third-order valence-electron chi connectivity index (χ3n) is 5.09. The molecule has 0 unspecified atom stereocenters. The van der Waals surface area contributed by atoms with Crippen LogP contribution >= 0.6 is 0 Å². The van der Waals surface area contributed by atoms with Crippen LogP contribution in [0.15, 0.2) is 24.8 Å². The number of carbonyl (C=O) groups excluding carboxylic acids is 4. The van der Waals surface area contributed by atoms with Crippen LogP contribution in [0.5, 0.6) is 0 Å². The Morgan fingerprint density at radius 2 is 0.951 bits per heavy atom. The number of carbonyl (C=O) groups is 4. The van der Waals surface area contributed by atoms with Gasteiger partial charge in [-0.25, -0.2) is 0 Å². The SMILES string of the molecule is C.C.C=CC(C)=O.CC(=O)CN1C(=O)C=CC1=O.COCC(COC)(COC)COCC(COC)(COC)COC. The number of allylic oxidation sites excluding steroid dienone is 1. The summed E-state index contributed by atoms with van der Waals surface area (Å²) in [4.78, 5) is 42.7. The van der Waals surface area contributed by atoms with Crippen molar-refractivity contribution in [1.82, 2.24) is 4.90 Å². The van der Waals surface area contributed by atoms with Gasteiger partial charge in [0.25, 0.3) is 11.8 Å². The Labute approximate surface area is 247 Å². The van der Waals surface area contributed by atoms with Crippen molar-refractivity contribution < 1.29 is 52.3 Å². The maximum Gasteiger partial charge on any atom is 0.254 e. The molecule has 0 bridgehead atoms. The molecule has 2 amide bonds. The number of imide groups is 1. The van der Waals surface area contributed by atoms with Crippen molar-refractivity contribution in [2.75, 3.05) is 102 Å². The zero-order valence-electron chi connectivity index (χ0n) is 24.7. The number of ether oxygens (including phenoxy) is 7. The summed E-state index contributed by atoms with van der Waals surface area (Å²) >= 11 is 0. The maximum absolute atomic E-state index is 10.8. The van der Waals surface area contributed by atoms with Crippen LogP contribution in [0, 0.1) is 10.8 Å². The number of rotatable bonds is 19. The van der Waals surface area contributed by atoms with Crippen molar-refractivity contribution in [3.63, 3.8) is 0 Å². The van der Waals surface area contributed by atoms with Crippen LogP contribution in [0.3, 0.4) is 0 Å². The van der Waals surface area contributed by atoms with Gasteiger partial charge in [0.2, 0.25) is 0 Å². The second kappa shape index (κ2) is 26.6. The van der Waals surface area contributed by atoms with Crippen LogP contribution in [-0.2, 0) is 52.3 Å². The average molecular weight is 594 g/mol. The molecule has 1 aliphatic heterocycles. The first kappa shape index (κ1) is 45.7. The molecular weight excluding hydrogens is 538 g/mol. The lowest BCUT2D eigenvalue weighted by molar-refractivity contribution is -0.140. The Bertz CT molecular complexity index is 690. The first-order valence-corrected chi connectivity index (χ1v) is 12.1. The molecule has 0 aromatic rings. The lowest BCUT2D eigenvalue weighted by Gasteiger charge is -2.35. The second-order valence-corrected chi connectivity index (χ2v) is 9.20. The molecule has 0 N–H and O–H groups in total. The monoisotopic (exact) mass is 593 g/mol. The molecule has 0 spiro atoms. The number of amides is 2. The molecule has 0 aromatic heterocycles. The van der Waals surface area contributed by atoms with E-state index in [9.17, 15) is 19.2 Å². The van der Waals surface area contributed by atoms with Gasteiger partial charge >= 0.3 is 0 Å². The third-order valence-corrected chi connectivity index (χ3v) is 5.09. The summed E-state index contributed by atoms with van der Waals surface area (Å²) in [6.07, 6.45) is 3.59. The van der Waals surface area contributed by atoms with E-state index in [1.807, 2.05) is 0 Å². The standard InChI is InChI=1S/C16H34O7.C7H7NO3.C4H6O.2CH4/c1-17-7-15(8-18-2,9-19-3)13-23-14-16(10-20-4,11-21-5)12-22-6;1-5(9)4-8-6(10)2-3-7(8)11;1-3-4(2)5;;/h7-14H2,1-6H3;2-3H,4H2,1H3;3H,1H2,2H3;2*1H4. The highest BCUT2D eigenvalue weighted by atomic mass is 16.5. The Morgan fingerprint density at radius 3 is 1.15 bits per heavy atom. The van der Waals surface area contributed by atoms with Gasteiger partial charge in [0.1, 0.15) is 5.78 Å². The molecule has 0 radical (unpaired) electrons. The van der Waals surface area contributed by atoms with Crippen LogP contribution in [-0.4, -0.2) is 130 Å². The number of hydrogen-bond acceptors (Lipinski definition) is 11. The number of nitrogens with zero attached hydrogens (tertiary/aromatic N) is 1. The summed E-state index contributed by atoms with van der Waals surface area (Å²) in [5, 5.41) is 0. The molecule has 12 heteroatoms. The van der Waals surface area contributed by atoms with Crippen molar-refractivity contribution in [2.45, 2.75) is 28.7 Å². The zero-order chi connectivity index (χ0) is 30.3. The van der Waals surface area contributed by atoms with E-state index in [-0.39, 0.29) is 43.8 Å². The molecule has 0 aliphatic carbocycles. The van der Waals surface area contributed by atoms with Crippen molar-refractivity contribution in [2.24, 2.45) is 10.8 Å². The minimum absolute atomic E-state index is 0. The van der Waals surface area contributed by atoms with Gasteiger partial charge in [-0.2, -0.15) is 0 Å². The number of ketones is 2. The van der Waals surface area contributed by atoms with Crippen molar-refractivity contribution in [3.8, 4) is 0 Å². The lowest BCUT2D eigenvalue weighted by Crippen LogP contribution is -2.45. The predicted molar refractivity (Wildman–Crippen MR) is 158 cm³/mol. The van der Waals surface area contributed by atoms with Crippen molar-refractivity contribution in [3.05, 3.63) is 24.8 Å². The zero-order valence-corrected chi connectivity index (χ0v) is 24.7. The highest BCUT2D eigenvalue weighted by Crippen LogP contribution is 2.24. The minimum atomic E-state index is -0.412. The van der Waals surface area contributed by atoms with Crippen LogP contribution < -0.4 is 0 Å². The molecule has 12 nitrogen and oxygen atoms in total. The van der Waals surface area contributed by atoms with Crippen molar-refractivity contribution >= 4 is 23.4 Å². The van der Waals surface area contributed by atoms with E-state index < -0.39 is 11.8 Å². The molecule has 0 aromatic carbocycles. The first-order valence-electron chi connectivity index (χ1n) is 12.1. The highest BCUT2D eigenvalue weighted by molar-refractivity contribution is 6.14. The summed E-state index contributed by atoms with van der Waals surface area (Å²) in [6.45, 7) is 9.70. The van der Waals surface area contributed by atoms with Gasteiger partial charge < -0.3 is 33.2 Å². The Hall–Kier alpha value is -2.32. The van der Waals surface area contributed by atoms with E-state index in [4.69, 9.17) is 33.2 Å². The number of methoxy groups -OCH3 is 6. The fourth-order valence-electron chi connectivity index (χ4n) is 3.63. The van der Waals surface area contributed by atoms with Gasteiger partial charge in [0.15, 0.2) is 5.78 Å². The Morgan fingerprint density at radius 1 is 0.683 bits per heavy atom. The average Bonchev–Trinajstić information content (AvgIpc) is 3.17. The minimum Gasteiger partial charge on any atom is -0.384 e. The van der Waals surface area contributed by atoms with Crippen LogP contribution in [0.1, 0.15) is 28.7 Å². The topological polar surface area (TPSA) is 136 Å². The van der Waals surface area contributed by atoms with Gasteiger partial charge in [-0.1, -0.05) is 21.4 Å². The molecule has 0 saturated heterocycles. The normalized spacial score (nSPS) is 12.3. The molecule has 0 fully saturated rings. The van der Waals surface area contributed by atoms with E-state index in [0.717, 1.165) is 17.1 Å². The van der Waals surface area contributed by atoms with E-state index in [2.05, 4.69) is 6.58 Å². The van der Waals surface area contributed by atoms with Gasteiger partial charge in [-0.05, 0) is 19.9 Å². The van der Waals surface area contributed by atoms with Crippen LogP contribution in [0.4, 0.5) is 0 Å². The van der Waals surface area contributed by atoms with Crippen molar-refractivity contribution in [1.29, 1.82) is 0 Å². The van der Waals surface area contributed by atoms with E-state index in [1.54, 1.807) is 42.7 Å². The summed E-state index contributed by atoms with van der Waals surface area (Å²) < 4.78 is 37.9. The second-order valence-electron chi connectivity index (χ2n) is 9.20. The quantitative estimate of drug-likeness (QED) is 0.161. The Balaban J connectivity index is -0.000000314. The largest absolute Gasteiger partial charge is 0.384 e. The van der Waals surface area contributed by atoms with Gasteiger partial charge in [-0.15, -0.1) is 0 Å². The fraction of sp³-hybridized carbons (Fsp3) is 0.724. The lowest BCUT2D eigenvalue weighted by atomic mass is 9.90. The van der Waals surface area contributed by atoms with Gasteiger partial charge in [0, 0.05) is 54.8 Å². The molecule has 1 heterocycles. The van der Waals surface area contributed by atoms with Crippen LogP contribution in [0.2, 0.25) is 0 Å². The number of Topliss-reactive ketones (excluding diaryl/α,β-unsaturated/α-hetero) is 1. The van der Waals surface area contributed by atoms with E-state index >= 15 is 0 Å². The molecule has 41 heavy (non-hydrogen) atoms. The van der Waals surface area contributed by atoms with Gasteiger partial charge in [0.05, 0.1) is 70.2 Å². The predicted octanol–water partition coefficient (Wildman–Crippen LogP) is 2.39. The smallest absolute Gasteiger partial charge is 0.254 e. The fourth-order valence-corrected chi connectivity index (χ4v) is 3.63. The molecular formula is C29H55NO11. The molecule has 1 aliphatic rings. The molecule has 1 rings (SSSR count). The van der Waals surface area contributed by atoms with Crippen LogP contribution in [0.25, 0.3) is 0 Å². The number of hydrogen-bond donors (Lipinski definition) is 0. The molecule has 0 atom stereocenters. The summed E-state index contributed by atoms with van der Waals surface area (Å²) in [5.74, 6) is -1.00. The van der Waals surface area contributed by atoms with E-state index in [0.29, 0.717) is 52.9 Å². The Kier molecular flexibility index (Phi) is 29.6. The molecule has 0 saturated carbocycles. The third kappa shape index (κ3) is 20.2.